The van der Waals surface area contributed by atoms with Crippen molar-refractivity contribution in [3.8, 4) is 23.0 Å². The molecule has 0 aromatic heterocycles. The zero-order chi connectivity index (χ0) is 18.4. The minimum Gasteiger partial charge on any atom is -0.490 e. The highest BCUT2D eigenvalue weighted by Gasteiger charge is 2.27. The van der Waals surface area contributed by atoms with Crippen LogP contribution in [0.25, 0.3) is 6.08 Å². The third-order valence-corrected chi connectivity index (χ3v) is 2.99. The topological polar surface area (TPSA) is 88.1 Å². The quantitative estimate of drug-likeness (QED) is 0.448. The summed E-state index contributed by atoms with van der Waals surface area (Å²) in [7, 11) is 2.73. The zero-order valence-corrected chi connectivity index (χ0v) is 14.5. The summed E-state index contributed by atoms with van der Waals surface area (Å²) in [6, 6.07) is 0. The summed E-state index contributed by atoms with van der Waals surface area (Å²) < 4.78 is 21.0. The van der Waals surface area contributed by atoms with Crippen molar-refractivity contribution in [2.45, 2.75) is 27.7 Å². The third-order valence-electron chi connectivity index (χ3n) is 2.99. The number of allylic oxidation sites excluding steroid dienone is 1. The molecule has 7 heteroatoms. The predicted octanol–water partition coefficient (Wildman–Crippen LogP) is 2.47. The fraction of sp³-hybridized carbons (Fsp3) is 0.353. The van der Waals surface area contributed by atoms with Crippen LogP contribution in [0.5, 0.6) is 23.0 Å². The molecule has 1 aromatic rings. The van der Waals surface area contributed by atoms with E-state index in [0.29, 0.717) is 11.1 Å². The van der Waals surface area contributed by atoms with Crippen molar-refractivity contribution in [2.24, 2.45) is 0 Å². The van der Waals surface area contributed by atoms with E-state index in [9.17, 15) is 14.4 Å². The minimum atomic E-state index is -0.576. The first-order valence-corrected chi connectivity index (χ1v) is 7.06. The predicted molar refractivity (Wildman–Crippen MR) is 86.6 cm³/mol. The summed E-state index contributed by atoms with van der Waals surface area (Å²) in [5.41, 5.74) is 0.825. The van der Waals surface area contributed by atoms with E-state index in [2.05, 4.69) is 0 Å². The van der Waals surface area contributed by atoms with Gasteiger partial charge in [-0.2, -0.15) is 0 Å². The van der Waals surface area contributed by atoms with E-state index in [0.717, 1.165) is 0 Å². The van der Waals surface area contributed by atoms with Crippen LogP contribution in [0.4, 0.5) is 0 Å². The lowest BCUT2D eigenvalue weighted by Crippen LogP contribution is -2.10. The van der Waals surface area contributed by atoms with Gasteiger partial charge in [-0.25, -0.2) is 0 Å². The fourth-order valence-corrected chi connectivity index (χ4v) is 2.08. The fourth-order valence-electron chi connectivity index (χ4n) is 2.08. The number of ketones is 1. The van der Waals surface area contributed by atoms with E-state index < -0.39 is 11.9 Å². The molecule has 0 saturated carbocycles. The van der Waals surface area contributed by atoms with E-state index >= 15 is 0 Å². The second-order valence-corrected chi connectivity index (χ2v) is 4.89. The molecule has 7 nitrogen and oxygen atoms in total. The van der Waals surface area contributed by atoms with Crippen LogP contribution in [0.1, 0.15) is 31.9 Å². The van der Waals surface area contributed by atoms with Crippen molar-refractivity contribution >= 4 is 23.8 Å². The van der Waals surface area contributed by atoms with Crippen molar-refractivity contribution in [2.75, 3.05) is 14.2 Å². The van der Waals surface area contributed by atoms with Crippen LogP contribution < -0.4 is 18.9 Å². The van der Waals surface area contributed by atoms with Gasteiger partial charge in [0.25, 0.3) is 0 Å². The Morgan fingerprint density at radius 1 is 0.792 bits per heavy atom. The monoisotopic (exact) mass is 336 g/mol. The van der Waals surface area contributed by atoms with Gasteiger partial charge in [-0.15, -0.1) is 0 Å². The number of ether oxygens (including phenoxy) is 4. The zero-order valence-electron chi connectivity index (χ0n) is 14.5. The van der Waals surface area contributed by atoms with Crippen molar-refractivity contribution in [3.63, 3.8) is 0 Å². The number of hydrogen-bond donors (Lipinski definition) is 0. The average Bonchev–Trinajstić information content (AvgIpc) is 2.47. The summed E-state index contributed by atoms with van der Waals surface area (Å²) in [5.74, 6) is -0.937. The Labute approximate surface area is 140 Å². The Morgan fingerprint density at radius 2 is 1.25 bits per heavy atom. The lowest BCUT2D eigenvalue weighted by molar-refractivity contribution is -0.133. The molecule has 0 aliphatic rings. The summed E-state index contributed by atoms with van der Waals surface area (Å²) in [4.78, 5) is 34.1. The van der Waals surface area contributed by atoms with Crippen LogP contribution >= 0.6 is 0 Å². The number of benzene rings is 1. The van der Waals surface area contributed by atoms with Crippen LogP contribution in [0.2, 0.25) is 0 Å². The van der Waals surface area contributed by atoms with Gasteiger partial charge < -0.3 is 18.9 Å². The Bertz CT molecular complexity index is 702. The van der Waals surface area contributed by atoms with Gasteiger partial charge in [-0.05, 0) is 26.0 Å². The molecule has 0 atom stereocenters. The van der Waals surface area contributed by atoms with Gasteiger partial charge in [0, 0.05) is 25.0 Å². The van der Waals surface area contributed by atoms with E-state index in [-0.39, 0.29) is 28.8 Å². The molecular formula is C17H20O7. The van der Waals surface area contributed by atoms with Crippen LogP contribution in [-0.4, -0.2) is 31.9 Å². The minimum absolute atomic E-state index is 0.0766. The third kappa shape index (κ3) is 4.34. The SMILES string of the molecule is COc1c(OC(C)=O)c(C)c(C=CC(C)=O)c(OC(C)=O)c1OC. The summed E-state index contributed by atoms with van der Waals surface area (Å²) >= 11 is 0. The van der Waals surface area contributed by atoms with E-state index in [1.165, 1.54) is 47.1 Å². The van der Waals surface area contributed by atoms with Crippen LogP contribution in [0.15, 0.2) is 6.08 Å². The molecule has 0 N–H and O–H groups in total. The molecule has 0 amide bonds. The summed E-state index contributed by atoms with van der Waals surface area (Å²) in [5, 5.41) is 0. The molecule has 1 rings (SSSR count). The highest BCUT2D eigenvalue weighted by molar-refractivity contribution is 5.93. The van der Waals surface area contributed by atoms with Crippen molar-refractivity contribution in [3.05, 3.63) is 17.2 Å². The molecule has 0 unspecified atom stereocenters. The molecule has 1 aromatic carbocycles. The van der Waals surface area contributed by atoms with Gasteiger partial charge in [-0.1, -0.05) is 0 Å². The number of hydrogen-bond acceptors (Lipinski definition) is 7. The van der Waals surface area contributed by atoms with E-state index in [1.54, 1.807) is 6.92 Å². The largest absolute Gasteiger partial charge is 0.490 e. The van der Waals surface area contributed by atoms with Crippen molar-refractivity contribution in [1.29, 1.82) is 0 Å². The molecule has 0 bridgehead atoms. The number of methoxy groups -OCH3 is 2. The lowest BCUT2D eigenvalue weighted by atomic mass is 10.0. The Balaban J connectivity index is 3.82. The van der Waals surface area contributed by atoms with Gasteiger partial charge in [0.15, 0.2) is 17.3 Å². The maximum atomic E-state index is 11.5. The second kappa shape index (κ2) is 8.14. The molecule has 0 aliphatic carbocycles. The normalized spacial score (nSPS) is 10.4. The molecule has 0 saturated heterocycles. The van der Waals surface area contributed by atoms with Crippen LogP contribution in [0.3, 0.4) is 0 Å². The standard InChI is InChI=1S/C17H20O7/c1-9(18)7-8-13-10(2)14(23-11(3)19)16(21-5)17(22-6)15(13)24-12(4)20/h7-8H,1-6H3. The number of carbonyl (C=O) groups excluding carboxylic acids is 3. The second-order valence-electron chi connectivity index (χ2n) is 4.89. The first-order chi connectivity index (χ1) is 11.2. The first-order valence-electron chi connectivity index (χ1n) is 7.06. The maximum absolute atomic E-state index is 11.5. The Hall–Kier alpha value is -2.83. The van der Waals surface area contributed by atoms with E-state index in [4.69, 9.17) is 18.9 Å². The van der Waals surface area contributed by atoms with Gasteiger partial charge in [0.05, 0.1) is 14.2 Å². The smallest absolute Gasteiger partial charge is 0.308 e. The number of esters is 2. The molecule has 0 heterocycles. The van der Waals surface area contributed by atoms with E-state index in [1.807, 2.05) is 0 Å². The number of carbonyl (C=O) groups is 3. The van der Waals surface area contributed by atoms with Gasteiger partial charge >= 0.3 is 11.9 Å². The highest BCUT2D eigenvalue weighted by Crippen LogP contribution is 2.50. The van der Waals surface area contributed by atoms with Crippen LogP contribution in [0, 0.1) is 6.92 Å². The Kier molecular flexibility index (Phi) is 6.52. The van der Waals surface area contributed by atoms with Crippen molar-refractivity contribution < 1.29 is 33.3 Å². The van der Waals surface area contributed by atoms with Crippen molar-refractivity contribution in [1.82, 2.24) is 0 Å². The molecule has 130 valence electrons. The number of rotatable bonds is 6. The summed E-state index contributed by atoms with van der Waals surface area (Å²) in [6.45, 7) is 5.51. The molecule has 0 spiro atoms. The first kappa shape index (κ1) is 19.2. The molecule has 0 fully saturated rings. The molecule has 0 radical (unpaired) electrons. The maximum Gasteiger partial charge on any atom is 0.308 e. The van der Waals surface area contributed by atoms with Gasteiger partial charge in [-0.3, -0.25) is 14.4 Å². The van der Waals surface area contributed by atoms with Gasteiger partial charge in [0.2, 0.25) is 11.5 Å². The molecule has 0 aliphatic heterocycles. The molecule has 24 heavy (non-hydrogen) atoms. The highest BCUT2D eigenvalue weighted by atomic mass is 16.6. The summed E-state index contributed by atoms with van der Waals surface area (Å²) in [6.07, 6.45) is 2.77. The molecular weight excluding hydrogens is 316 g/mol. The van der Waals surface area contributed by atoms with Gasteiger partial charge in [0.1, 0.15) is 0 Å². The Morgan fingerprint density at radius 3 is 1.67 bits per heavy atom. The average molecular weight is 336 g/mol. The van der Waals surface area contributed by atoms with Crippen LogP contribution in [-0.2, 0) is 14.4 Å². The lowest BCUT2D eigenvalue weighted by Gasteiger charge is -2.20.